The lowest BCUT2D eigenvalue weighted by atomic mass is 10.2. The number of nitrogens with zero attached hydrogens (tertiary/aromatic N) is 3. The third-order valence-corrected chi connectivity index (χ3v) is 7.56. The number of hydrogen-bond donors (Lipinski definition) is 0. The predicted molar refractivity (Wildman–Crippen MR) is 134 cm³/mol. The van der Waals surface area contributed by atoms with Crippen LogP contribution in [0.5, 0.6) is 0 Å². The van der Waals surface area contributed by atoms with Crippen LogP contribution in [0.3, 0.4) is 0 Å². The van der Waals surface area contributed by atoms with E-state index >= 15 is 0 Å². The Labute approximate surface area is 201 Å². The van der Waals surface area contributed by atoms with Gasteiger partial charge in [0.2, 0.25) is 0 Å². The number of benzene rings is 1. The lowest BCUT2D eigenvalue weighted by Crippen LogP contribution is -2.37. The molecule has 1 aliphatic heterocycles. The van der Waals surface area contributed by atoms with Crippen LogP contribution in [0.2, 0.25) is 0 Å². The summed E-state index contributed by atoms with van der Waals surface area (Å²) in [5.41, 5.74) is 1.61. The smallest absolute Gasteiger partial charge is 0.270 e. The fourth-order valence-electron chi connectivity index (χ4n) is 4.03. The van der Waals surface area contributed by atoms with E-state index in [4.69, 9.17) is 14.1 Å². The molecule has 1 aromatic carbocycles. The molecule has 1 fully saturated rings. The summed E-state index contributed by atoms with van der Waals surface area (Å²) in [5, 5.41) is 5.68. The van der Waals surface area contributed by atoms with E-state index in [1.165, 1.54) is 22.7 Å². The van der Waals surface area contributed by atoms with Crippen LogP contribution in [0.1, 0.15) is 28.9 Å². The van der Waals surface area contributed by atoms with Crippen molar-refractivity contribution in [3.63, 3.8) is 0 Å². The van der Waals surface area contributed by atoms with Crippen molar-refractivity contribution in [1.82, 2.24) is 9.88 Å². The van der Waals surface area contributed by atoms with Gasteiger partial charge < -0.3 is 9.15 Å². The molecule has 0 spiro atoms. The van der Waals surface area contributed by atoms with Crippen LogP contribution in [-0.2, 0) is 4.74 Å². The van der Waals surface area contributed by atoms with Crippen LogP contribution in [0.15, 0.2) is 57.6 Å². The first-order valence-electron chi connectivity index (χ1n) is 11.4. The van der Waals surface area contributed by atoms with Gasteiger partial charge in [-0.3, -0.25) is 14.6 Å². The van der Waals surface area contributed by atoms with Crippen molar-refractivity contribution >= 4 is 44.7 Å². The zero-order valence-electron chi connectivity index (χ0n) is 18.4. The minimum Gasteiger partial charge on any atom is -0.454 e. The van der Waals surface area contributed by atoms with Gasteiger partial charge in [0, 0.05) is 30.4 Å². The lowest BCUT2D eigenvalue weighted by molar-refractivity contribution is 0.0371. The summed E-state index contributed by atoms with van der Waals surface area (Å²) in [6, 6.07) is 13.7. The molecule has 3 aromatic heterocycles. The first-order chi connectivity index (χ1) is 16.3. The molecule has 6 nitrogen and oxygen atoms in total. The van der Waals surface area contributed by atoms with E-state index in [1.807, 2.05) is 58.1 Å². The number of aromatic nitrogens is 1. The standard InChI is InChI=1S/C25H27N3O3S2/c29-24(23-9-6-16-32-23)28(11-5-1-4-10-27-12-14-30-15-13-27)25-26-20(18-33-25)22-17-19-7-2-3-8-21(19)31-22/h2-3,6-9,16-18H,1,4-5,10-15H2. The number of carbonyl (C=O) groups is 1. The van der Waals surface area contributed by atoms with Crippen LogP contribution in [0, 0.1) is 0 Å². The van der Waals surface area contributed by atoms with E-state index in [2.05, 4.69) is 4.90 Å². The molecule has 4 heterocycles. The number of hydrogen-bond acceptors (Lipinski definition) is 7. The maximum Gasteiger partial charge on any atom is 0.270 e. The Morgan fingerprint density at radius 1 is 1.06 bits per heavy atom. The molecule has 0 unspecified atom stereocenters. The van der Waals surface area contributed by atoms with Crippen LogP contribution >= 0.6 is 22.7 Å². The number of carbonyl (C=O) groups excluding carboxylic acids is 1. The Kier molecular flexibility index (Phi) is 7.16. The van der Waals surface area contributed by atoms with E-state index in [0.29, 0.717) is 6.54 Å². The third kappa shape index (κ3) is 5.35. The van der Waals surface area contributed by atoms with E-state index in [9.17, 15) is 4.79 Å². The van der Waals surface area contributed by atoms with E-state index < -0.39 is 0 Å². The number of rotatable bonds is 9. The molecule has 0 radical (unpaired) electrons. The van der Waals surface area contributed by atoms with Gasteiger partial charge in [-0.2, -0.15) is 0 Å². The number of unbranched alkanes of at least 4 members (excludes halogenated alkanes) is 2. The summed E-state index contributed by atoms with van der Waals surface area (Å²) >= 11 is 2.96. The quantitative estimate of drug-likeness (QED) is 0.284. The number of morpholine rings is 1. The van der Waals surface area contributed by atoms with Crippen LogP contribution in [0.4, 0.5) is 5.13 Å². The number of ether oxygens (including phenoxy) is 1. The van der Waals surface area contributed by atoms with Crippen molar-refractivity contribution in [1.29, 1.82) is 0 Å². The maximum absolute atomic E-state index is 13.3. The largest absolute Gasteiger partial charge is 0.454 e. The van der Waals surface area contributed by atoms with E-state index in [-0.39, 0.29) is 5.91 Å². The normalized spacial score (nSPS) is 14.7. The molecule has 0 atom stereocenters. The highest BCUT2D eigenvalue weighted by atomic mass is 32.1. The number of thiazole rings is 1. The molecular formula is C25H27N3O3S2. The van der Waals surface area contributed by atoms with Gasteiger partial charge in [0.1, 0.15) is 11.3 Å². The number of para-hydroxylation sites is 1. The topological polar surface area (TPSA) is 58.8 Å². The van der Waals surface area contributed by atoms with Gasteiger partial charge in [0.05, 0.1) is 18.1 Å². The molecule has 0 bridgehead atoms. The number of thiophene rings is 1. The van der Waals surface area contributed by atoms with E-state index in [0.717, 1.165) is 84.5 Å². The van der Waals surface area contributed by atoms with Gasteiger partial charge in [0.25, 0.3) is 5.91 Å². The second kappa shape index (κ2) is 10.6. The van der Waals surface area contributed by atoms with Gasteiger partial charge >= 0.3 is 0 Å². The molecule has 4 aromatic rings. The van der Waals surface area contributed by atoms with Gasteiger partial charge in [-0.25, -0.2) is 4.98 Å². The van der Waals surface area contributed by atoms with Crippen molar-refractivity contribution in [2.75, 3.05) is 44.3 Å². The maximum atomic E-state index is 13.3. The third-order valence-electron chi connectivity index (χ3n) is 5.84. The van der Waals surface area contributed by atoms with Crippen LogP contribution in [0.25, 0.3) is 22.4 Å². The molecule has 172 valence electrons. The lowest BCUT2D eigenvalue weighted by Gasteiger charge is -2.26. The van der Waals surface area contributed by atoms with Crippen molar-refractivity contribution in [2.45, 2.75) is 19.3 Å². The molecular weight excluding hydrogens is 454 g/mol. The second-order valence-corrected chi connectivity index (χ2v) is 9.90. The Morgan fingerprint density at radius 2 is 1.94 bits per heavy atom. The summed E-state index contributed by atoms with van der Waals surface area (Å²) < 4.78 is 11.4. The minimum absolute atomic E-state index is 0.0173. The molecule has 1 aliphatic rings. The molecule has 0 aliphatic carbocycles. The molecule has 0 N–H and O–H groups in total. The average Bonchev–Trinajstić information content (AvgIpc) is 3.61. The number of fused-ring (bicyclic) bond motifs is 1. The highest BCUT2D eigenvalue weighted by Crippen LogP contribution is 2.32. The highest BCUT2D eigenvalue weighted by Gasteiger charge is 2.22. The van der Waals surface area contributed by atoms with Crippen molar-refractivity contribution in [3.8, 4) is 11.5 Å². The minimum atomic E-state index is 0.0173. The van der Waals surface area contributed by atoms with Crippen molar-refractivity contribution in [2.24, 2.45) is 0 Å². The van der Waals surface area contributed by atoms with Gasteiger partial charge in [0.15, 0.2) is 10.9 Å². The Morgan fingerprint density at radius 3 is 2.76 bits per heavy atom. The predicted octanol–water partition coefficient (Wildman–Crippen LogP) is 5.77. The summed E-state index contributed by atoms with van der Waals surface area (Å²) in [5.74, 6) is 0.747. The second-order valence-electron chi connectivity index (χ2n) is 8.11. The van der Waals surface area contributed by atoms with Crippen molar-refractivity contribution in [3.05, 3.63) is 58.1 Å². The van der Waals surface area contributed by atoms with Crippen LogP contribution < -0.4 is 4.90 Å². The highest BCUT2D eigenvalue weighted by molar-refractivity contribution is 7.14. The average molecular weight is 482 g/mol. The number of amides is 1. The Balaban J connectivity index is 1.27. The summed E-state index contributed by atoms with van der Waals surface area (Å²) in [4.78, 5) is 23.1. The van der Waals surface area contributed by atoms with Gasteiger partial charge in [-0.1, -0.05) is 30.7 Å². The van der Waals surface area contributed by atoms with Gasteiger partial charge in [-0.05, 0) is 43.0 Å². The van der Waals surface area contributed by atoms with E-state index in [1.54, 1.807) is 0 Å². The van der Waals surface area contributed by atoms with Crippen molar-refractivity contribution < 1.29 is 13.9 Å². The molecule has 1 saturated heterocycles. The monoisotopic (exact) mass is 481 g/mol. The zero-order valence-corrected chi connectivity index (χ0v) is 20.1. The number of furan rings is 1. The molecule has 5 rings (SSSR count). The molecule has 0 saturated carbocycles. The summed E-state index contributed by atoms with van der Waals surface area (Å²) in [6.07, 6.45) is 3.15. The molecule has 33 heavy (non-hydrogen) atoms. The fraction of sp³-hybridized carbons (Fsp3) is 0.360. The van der Waals surface area contributed by atoms with Crippen LogP contribution in [-0.4, -0.2) is 55.2 Å². The SMILES string of the molecule is O=C(c1cccs1)N(CCCCCN1CCOCC1)c1nc(-c2cc3ccccc3o2)cs1. The number of anilines is 1. The molecule has 8 heteroatoms. The first-order valence-corrected chi connectivity index (χ1v) is 13.1. The summed E-state index contributed by atoms with van der Waals surface area (Å²) in [6.45, 7) is 5.46. The first kappa shape index (κ1) is 22.3. The fourth-order valence-corrected chi connectivity index (χ4v) is 5.54. The molecule has 1 amide bonds. The summed E-state index contributed by atoms with van der Waals surface area (Å²) in [7, 11) is 0. The zero-order chi connectivity index (χ0) is 22.5. The van der Waals surface area contributed by atoms with Gasteiger partial charge in [-0.15, -0.1) is 22.7 Å². The Bertz CT molecular complexity index is 1150. The Hall–Kier alpha value is -2.52.